The van der Waals surface area contributed by atoms with Crippen LogP contribution < -0.4 is 5.32 Å². The Morgan fingerprint density at radius 1 is 1.19 bits per heavy atom. The molecule has 1 aliphatic rings. The highest BCUT2D eigenvalue weighted by atomic mass is 15.2. The molecule has 0 aromatic carbocycles. The maximum atomic E-state index is 3.61. The largest absolute Gasteiger partial charge is 0.313 e. The molecule has 0 bridgehead atoms. The molecule has 0 aromatic rings. The first kappa shape index (κ1) is 14.0. The van der Waals surface area contributed by atoms with Gasteiger partial charge in [0.25, 0.3) is 0 Å². The van der Waals surface area contributed by atoms with Crippen LogP contribution in [0.1, 0.15) is 53.4 Å². The average Bonchev–Trinajstić information content (AvgIpc) is 2.22. The van der Waals surface area contributed by atoms with E-state index in [0.717, 1.165) is 6.54 Å². The van der Waals surface area contributed by atoms with Crippen LogP contribution in [-0.4, -0.2) is 37.1 Å². The lowest BCUT2D eigenvalue weighted by atomic mass is 9.82. The molecule has 1 rings (SSSR count). The van der Waals surface area contributed by atoms with Crippen LogP contribution in [0.2, 0.25) is 0 Å². The van der Waals surface area contributed by atoms with Crippen molar-refractivity contribution in [1.82, 2.24) is 10.2 Å². The van der Waals surface area contributed by atoms with E-state index in [-0.39, 0.29) is 0 Å². The van der Waals surface area contributed by atoms with Crippen molar-refractivity contribution in [1.29, 1.82) is 0 Å². The molecule has 0 aromatic heterocycles. The summed E-state index contributed by atoms with van der Waals surface area (Å²) in [6.45, 7) is 14.2. The summed E-state index contributed by atoms with van der Waals surface area (Å²) in [6.07, 6.45) is 5.32. The van der Waals surface area contributed by atoms with Gasteiger partial charge in [-0.05, 0) is 44.3 Å². The SMILES string of the molecule is CCCC(CN1CCC(C)(C)CC1)NCC. The first-order valence-corrected chi connectivity index (χ1v) is 7.03. The Labute approximate surface area is 102 Å². The van der Waals surface area contributed by atoms with Gasteiger partial charge in [0.15, 0.2) is 0 Å². The second kappa shape index (κ2) is 6.61. The van der Waals surface area contributed by atoms with Gasteiger partial charge < -0.3 is 10.2 Å². The topological polar surface area (TPSA) is 15.3 Å². The number of piperidine rings is 1. The number of likely N-dealkylation sites (N-methyl/N-ethyl adjacent to an activating group) is 1. The van der Waals surface area contributed by atoms with Crippen LogP contribution in [0.3, 0.4) is 0 Å². The third-order valence-corrected chi connectivity index (χ3v) is 3.82. The average molecular weight is 226 g/mol. The Hall–Kier alpha value is -0.0800. The molecule has 0 aliphatic carbocycles. The van der Waals surface area contributed by atoms with Crippen LogP contribution in [-0.2, 0) is 0 Å². The molecule has 1 saturated heterocycles. The summed E-state index contributed by atoms with van der Waals surface area (Å²) in [5.41, 5.74) is 0.578. The highest BCUT2D eigenvalue weighted by Gasteiger charge is 2.26. The van der Waals surface area contributed by atoms with Crippen molar-refractivity contribution in [2.45, 2.75) is 59.4 Å². The third-order valence-electron chi connectivity index (χ3n) is 3.82. The normalized spacial score (nSPS) is 23.2. The van der Waals surface area contributed by atoms with Crippen molar-refractivity contribution in [3.63, 3.8) is 0 Å². The quantitative estimate of drug-likeness (QED) is 0.749. The monoisotopic (exact) mass is 226 g/mol. The first-order chi connectivity index (χ1) is 7.57. The van der Waals surface area contributed by atoms with E-state index in [0.29, 0.717) is 11.5 Å². The van der Waals surface area contributed by atoms with Crippen LogP contribution in [0, 0.1) is 5.41 Å². The van der Waals surface area contributed by atoms with E-state index in [1.54, 1.807) is 0 Å². The van der Waals surface area contributed by atoms with Crippen molar-refractivity contribution >= 4 is 0 Å². The summed E-state index contributed by atoms with van der Waals surface area (Å²) in [5.74, 6) is 0. The molecule has 0 spiro atoms. The smallest absolute Gasteiger partial charge is 0.0194 e. The Morgan fingerprint density at radius 2 is 1.81 bits per heavy atom. The maximum absolute atomic E-state index is 3.61. The number of nitrogens with zero attached hydrogens (tertiary/aromatic N) is 1. The van der Waals surface area contributed by atoms with E-state index in [1.165, 1.54) is 45.3 Å². The van der Waals surface area contributed by atoms with Crippen LogP contribution in [0.15, 0.2) is 0 Å². The van der Waals surface area contributed by atoms with E-state index < -0.39 is 0 Å². The number of likely N-dealkylation sites (tertiary alicyclic amines) is 1. The lowest BCUT2D eigenvalue weighted by molar-refractivity contribution is 0.121. The molecule has 16 heavy (non-hydrogen) atoms. The molecular weight excluding hydrogens is 196 g/mol. The van der Waals surface area contributed by atoms with Crippen molar-refractivity contribution in [3.05, 3.63) is 0 Å². The fourth-order valence-corrected chi connectivity index (χ4v) is 2.55. The summed E-state index contributed by atoms with van der Waals surface area (Å²) in [4.78, 5) is 2.65. The van der Waals surface area contributed by atoms with E-state index >= 15 is 0 Å². The Kier molecular flexibility index (Phi) is 5.77. The number of rotatable bonds is 6. The molecule has 1 atom stereocenters. The zero-order chi connectivity index (χ0) is 12.0. The third kappa shape index (κ3) is 4.84. The van der Waals surface area contributed by atoms with Crippen molar-refractivity contribution in [2.75, 3.05) is 26.2 Å². The number of hydrogen-bond acceptors (Lipinski definition) is 2. The van der Waals surface area contributed by atoms with Gasteiger partial charge in [0, 0.05) is 12.6 Å². The van der Waals surface area contributed by atoms with Gasteiger partial charge in [-0.15, -0.1) is 0 Å². The van der Waals surface area contributed by atoms with Gasteiger partial charge >= 0.3 is 0 Å². The number of hydrogen-bond donors (Lipinski definition) is 1. The van der Waals surface area contributed by atoms with Crippen molar-refractivity contribution in [2.24, 2.45) is 5.41 Å². The van der Waals surface area contributed by atoms with Crippen LogP contribution in [0.5, 0.6) is 0 Å². The second-order valence-corrected chi connectivity index (χ2v) is 6.01. The summed E-state index contributed by atoms with van der Waals surface area (Å²) < 4.78 is 0. The maximum Gasteiger partial charge on any atom is 0.0194 e. The predicted octanol–water partition coefficient (Wildman–Crippen LogP) is 2.89. The molecule has 0 amide bonds. The van der Waals surface area contributed by atoms with Gasteiger partial charge in [-0.1, -0.05) is 34.1 Å². The molecule has 2 nitrogen and oxygen atoms in total. The summed E-state index contributed by atoms with van der Waals surface area (Å²) >= 11 is 0. The van der Waals surface area contributed by atoms with E-state index in [2.05, 4.69) is 37.9 Å². The van der Waals surface area contributed by atoms with E-state index in [1.807, 2.05) is 0 Å². The van der Waals surface area contributed by atoms with Crippen molar-refractivity contribution in [3.8, 4) is 0 Å². The van der Waals surface area contributed by atoms with Crippen LogP contribution >= 0.6 is 0 Å². The fraction of sp³-hybridized carbons (Fsp3) is 1.00. The lowest BCUT2D eigenvalue weighted by Crippen LogP contribution is -2.45. The molecule has 1 aliphatic heterocycles. The fourth-order valence-electron chi connectivity index (χ4n) is 2.55. The van der Waals surface area contributed by atoms with Gasteiger partial charge in [-0.3, -0.25) is 0 Å². The van der Waals surface area contributed by atoms with Gasteiger partial charge in [-0.25, -0.2) is 0 Å². The van der Waals surface area contributed by atoms with Gasteiger partial charge in [0.05, 0.1) is 0 Å². The minimum absolute atomic E-state index is 0.578. The summed E-state index contributed by atoms with van der Waals surface area (Å²) in [6, 6.07) is 0.705. The standard InChI is InChI=1S/C14H30N2/c1-5-7-13(15-6-2)12-16-10-8-14(3,4)9-11-16/h13,15H,5-12H2,1-4H3. The molecule has 0 saturated carbocycles. The molecule has 2 heteroatoms. The van der Waals surface area contributed by atoms with Gasteiger partial charge in [0.2, 0.25) is 0 Å². The molecule has 96 valence electrons. The number of nitrogens with one attached hydrogen (secondary N) is 1. The Bertz CT molecular complexity index is 173. The molecule has 1 N–H and O–H groups in total. The molecule has 1 fully saturated rings. The zero-order valence-electron chi connectivity index (χ0n) is 11.7. The zero-order valence-corrected chi connectivity index (χ0v) is 11.7. The highest BCUT2D eigenvalue weighted by molar-refractivity contribution is 4.81. The predicted molar refractivity (Wildman–Crippen MR) is 71.8 cm³/mol. The molecular formula is C14H30N2. The molecule has 1 heterocycles. The van der Waals surface area contributed by atoms with E-state index in [9.17, 15) is 0 Å². The minimum atomic E-state index is 0.578. The lowest BCUT2D eigenvalue weighted by Gasteiger charge is -2.38. The van der Waals surface area contributed by atoms with E-state index in [4.69, 9.17) is 0 Å². The van der Waals surface area contributed by atoms with Crippen molar-refractivity contribution < 1.29 is 0 Å². The van der Waals surface area contributed by atoms with Crippen LogP contribution in [0.4, 0.5) is 0 Å². The van der Waals surface area contributed by atoms with Gasteiger partial charge in [0.1, 0.15) is 0 Å². The molecule has 1 unspecified atom stereocenters. The Morgan fingerprint density at radius 3 is 2.31 bits per heavy atom. The Balaban J connectivity index is 2.30. The minimum Gasteiger partial charge on any atom is -0.313 e. The van der Waals surface area contributed by atoms with Crippen LogP contribution in [0.25, 0.3) is 0 Å². The first-order valence-electron chi connectivity index (χ1n) is 7.03. The van der Waals surface area contributed by atoms with Gasteiger partial charge in [-0.2, -0.15) is 0 Å². The highest BCUT2D eigenvalue weighted by Crippen LogP contribution is 2.29. The summed E-state index contributed by atoms with van der Waals surface area (Å²) in [5, 5.41) is 3.61. The second-order valence-electron chi connectivity index (χ2n) is 6.01. The summed E-state index contributed by atoms with van der Waals surface area (Å²) in [7, 11) is 0. The molecule has 0 radical (unpaired) electrons.